The zero-order valence-electron chi connectivity index (χ0n) is 14.3. The molecule has 0 aromatic heterocycles. The minimum Gasteiger partial charge on any atom is -0.495 e. The van der Waals surface area contributed by atoms with Crippen LogP contribution in [0.25, 0.3) is 0 Å². The molecule has 0 atom stereocenters. The summed E-state index contributed by atoms with van der Waals surface area (Å²) in [5.41, 5.74) is 0.338. The standard InChI is InChI=1S/C17H17Cl2NO5S/c1-4-25-17(21)13-9-11(5-7-14(13)18)20(2)26(22,23)12-6-8-16(24-3)15(19)10-12/h5-10H,4H2,1-3H3. The second-order valence-electron chi connectivity index (χ2n) is 5.15. The van der Waals surface area contributed by atoms with Gasteiger partial charge in [0.05, 0.1) is 39.9 Å². The number of nitrogens with zero attached hydrogens (tertiary/aromatic N) is 1. The van der Waals surface area contributed by atoms with E-state index in [0.717, 1.165) is 4.31 Å². The molecule has 26 heavy (non-hydrogen) atoms. The van der Waals surface area contributed by atoms with Crippen LogP contribution in [0.1, 0.15) is 17.3 Å². The third kappa shape index (κ3) is 4.06. The van der Waals surface area contributed by atoms with Crippen molar-refractivity contribution in [1.29, 1.82) is 0 Å². The first kappa shape index (κ1) is 20.4. The number of sulfonamides is 1. The molecule has 0 aliphatic heterocycles. The predicted octanol–water partition coefficient (Wildman–Crippen LogP) is 4.00. The molecule has 0 aliphatic rings. The summed E-state index contributed by atoms with van der Waals surface area (Å²) < 4.78 is 36.7. The molecule has 0 unspecified atom stereocenters. The lowest BCUT2D eigenvalue weighted by atomic mass is 10.2. The lowest BCUT2D eigenvalue weighted by Crippen LogP contribution is -2.26. The number of ether oxygens (including phenoxy) is 2. The van der Waals surface area contributed by atoms with Crippen LogP contribution in [-0.2, 0) is 14.8 Å². The van der Waals surface area contributed by atoms with E-state index in [1.807, 2.05) is 0 Å². The summed E-state index contributed by atoms with van der Waals surface area (Å²) in [6.45, 7) is 1.84. The first-order chi connectivity index (χ1) is 12.2. The number of carbonyl (C=O) groups is 1. The molecule has 0 bridgehead atoms. The van der Waals surface area contributed by atoms with Gasteiger partial charge in [0.2, 0.25) is 0 Å². The van der Waals surface area contributed by atoms with Crippen LogP contribution in [0.5, 0.6) is 5.75 Å². The first-order valence-electron chi connectivity index (χ1n) is 7.51. The quantitative estimate of drug-likeness (QED) is 0.663. The molecule has 2 aromatic rings. The minimum atomic E-state index is -3.91. The lowest BCUT2D eigenvalue weighted by molar-refractivity contribution is 0.0526. The van der Waals surface area contributed by atoms with Gasteiger partial charge < -0.3 is 9.47 Å². The Kier molecular flexibility index (Phi) is 6.39. The molecule has 0 saturated heterocycles. The van der Waals surface area contributed by atoms with Gasteiger partial charge in [0.1, 0.15) is 5.75 Å². The SMILES string of the molecule is CCOC(=O)c1cc(N(C)S(=O)(=O)c2ccc(OC)c(Cl)c2)ccc1Cl. The molecule has 0 aliphatic carbocycles. The summed E-state index contributed by atoms with van der Waals surface area (Å²) in [6, 6.07) is 8.45. The molecule has 0 N–H and O–H groups in total. The number of carbonyl (C=O) groups excluding carboxylic acids is 1. The highest BCUT2D eigenvalue weighted by Crippen LogP contribution is 2.31. The molecule has 9 heteroatoms. The van der Waals surface area contributed by atoms with Crippen LogP contribution in [-0.4, -0.2) is 35.2 Å². The minimum absolute atomic E-state index is 0.0153. The molecule has 0 fully saturated rings. The Morgan fingerprint density at radius 2 is 1.81 bits per heavy atom. The highest BCUT2D eigenvalue weighted by atomic mass is 35.5. The molecule has 0 spiro atoms. The predicted molar refractivity (Wildman–Crippen MR) is 101 cm³/mol. The van der Waals surface area contributed by atoms with Crippen molar-refractivity contribution in [1.82, 2.24) is 0 Å². The molecule has 140 valence electrons. The summed E-state index contributed by atoms with van der Waals surface area (Å²) in [5, 5.41) is 0.343. The van der Waals surface area contributed by atoms with E-state index in [4.69, 9.17) is 32.7 Å². The molecule has 2 aromatic carbocycles. The number of benzene rings is 2. The van der Waals surface area contributed by atoms with Gasteiger partial charge in [-0.2, -0.15) is 0 Å². The Hall–Kier alpha value is -1.96. The van der Waals surface area contributed by atoms with Crippen molar-refractivity contribution in [2.75, 3.05) is 25.1 Å². The summed E-state index contributed by atoms with van der Waals surface area (Å²) in [6.07, 6.45) is 0. The number of hydrogen-bond donors (Lipinski definition) is 0. The highest BCUT2D eigenvalue weighted by Gasteiger charge is 2.24. The second-order valence-corrected chi connectivity index (χ2v) is 7.94. The largest absolute Gasteiger partial charge is 0.495 e. The first-order valence-corrected chi connectivity index (χ1v) is 9.71. The third-order valence-electron chi connectivity index (χ3n) is 3.59. The van der Waals surface area contributed by atoms with E-state index in [-0.39, 0.29) is 32.8 Å². The molecular weight excluding hydrogens is 401 g/mol. The topological polar surface area (TPSA) is 72.9 Å². The fourth-order valence-corrected chi connectivity index (χ4v) is 3.91. The Balaban J connectivity index is 2.44. The van der Waals surface area contributed by atoms with Crippen LogP contribution in [0.15, 0.2) is 41.3 Å². The van der Waals surface area contributed by atoms with Crippen LogP contribution in [0.4, 0.5) is 5.69 Å². The Morgan fingerprint density at radius 3 is 2.38 bits per heavy atom. The Bertz CT molecular complexity index is 931. The zero-order chi connectivity index (χ0) is 19.5. The van der Waals surface area contributed by atoms with Gasteiger partial charge in [-0.1, -0.05) is 23.2 Å². The smallest absolute Gasteiger partial charge is 0.339 e. The zero-order valence-corrected chi connectivity index (χ0v) is 16.7. The fraction of sp³-hybridized carbons (Fsp3) is 0.235. The van der Waals surface area contributed by atoms with Gasteiger partial charge in [-0.15, -0.1) is 0 Å². The Labute approximate surface area is 162 Å². The van der Waals surface area contributed by atoms with Crippen molar-refractivity contribution in [3.63, 3.8) is 0 Å². The van der Waals surface area contributed by atoms with Crippen molar-refractivity contribution in [3.05, 3.63) is 52.0 Å². The van der Waals surface area contributed by atoms with Crippen molar-refractivity contribution in [2.24, 2.45) is 0 Å². The normalized spacial score (nSPS) is 11.1. The van der Waals surface area contributed by atoms with E-state index >= 15 is 0 Å². The second kappa shape index (κ2) is 8.16. The van der Waals surface area contributed by atoms with Gasteiger partial charge >= 0.3 is 5.97 Å². The summed E-state index contributed by atoms with van der Waals surface area (Å²) in [4.78, 5) is 12.0. The third-order valence-corrected chi connectivity index (χ3v) is 6.00. The molecule has 6 nitrogen and oxygen atoms in total. The monoisotopic (exact) mass is 417 g/mol. The number of halogens is 2. The van der Waals surface area contributed by atoms with Gasteiger partial charge in [-0.3, -0.25) is 4.31 Å². The average molecular weight is 418 g/mol. The maximum atomic E-state index is 12.9. The molecule has 0 amide bonds. The number of esters is 1. The maximum Gasteiger partial charge on any atom is 0.339 e. The van der Waals surface area contributed by atoms with Crippen LogP contribution in [0.3, 0.4) is 0 Å². The highest BCUT2D eigenvalue weighted by molar-refractivity contribution is 7.92. The van der Waals surface area contributed by atoms with Crippen LogP contribution in [0.2, 0.25) is 10.0 Å². The molecular formula is C17H17Cl2NO5S. The van der Waals surface area contributed by atoms with E-state index < -0.39 is 16.0 Å². The molecule has 0 radical (unpaired) electrons. The number of hydrogen-bond acceptors (Lipinski definition) is 5. The molecule has 0 saturated carbocycles. The van der Waals surface area contributed by atoms with E-state index in [1.165, 1.54) is 50.6 Å². The molecule has 0 heterocycles. The number of anilines is 1. The van der Waals surface area contributed by atoms with E-state index in [9.17, 15) is 13.2 Å². The van der Waals surface area contributed by atoms with Gasteiger partial charge in [0, 0.05) is 7.05 Å². The number of rotatable bonds is 6. The lowest BCUT2D eigenvalue weighted by Gasteiger charge is -2.21. The van der Waals surface area contributed by atoms with E-state index in [1.54, 1.807) is 6.92 Å². The van der Waals surface area contributed by atoms with Gasteiger partial charge in [0.25, 0.3) is 10.0 Å². The van der Waals surface area contributed by atoms with Crippen molar-refractivity contribution in [3.8, 4) is 5.75 Å². The van der Waals surface area contributed by atoms with Gasteiger partial charge in [0.15, 0.2) is 0 Å². The molecule has 2 rings (SSSR count). The van der Waals surface area contributed by atoms with Crippen LogP contribution < -0.4 is 9.04 Å². The fourth-order valence-electron chi connectivity index (χ4n) is 2.18. The summed E-state index contributed by atoms with van der Waals surface area (Å²) in [7, 11) is -1.11. The average Bonchev–Trinajstić information content (AvgIpc) is 2.61. The summed E-state index contributed by atoms with van der Waals surface area (Å²) in [5.74, 6) is -0.262. The Morgan fingerprint density at radius 1 is 1.12 bits per heavy atom. The number of methoxy groups -OCH3 is 1. The van der Waals surface area contributed by atoms with Gasteiger partial charge in [-0.25, -0.2) is 13.2 Å². The van der Waals surface area contributed by atoms with Crippen LogP contribution in [0, 0.1) is 0 Å². The maximum absolute atomic E-state index is 12.9. The van der Waals surface area contributed by atoms with Crippen molar-refractivity contribution >= 4 is 44.9 Å². The van der Waals surface area contributed by atoms with Gasteiger partial charge in [-0.05, 0) is 43.3 Å². The van der Waals surface area contributed by atoms with E-state index in [0.29, 0.717) is 5.75 Å². The van der Waals surface area contributed by atoms with Crippen molar-refractivity contribution in [2.45, 2.75) is 11.8 Å². The summed E-state index contributed by atoms with van der Waals surface area (Å²) >= 11 is 12.0. The van der Waals surface area contributed by atoms with Crippen LogP contribution >= 0.6 is 23.2 Å². The van der Waals surface area contributed by atoms with E-state index in [2.05, 4.69) is 0 Å². The van der Waals surface area contributed by atoms with Crippen molar-refractivity contribution < 1.29 is 22.7 Å².